The Kier molecular flexibility index (Phi) is 3.87. The number of amides is 1. The molecule has 2 aromatic carbocycles. The van der Waals surface area contributed by atoms with Crippen LogP contribution in [0.1, 0.15) is 38.2 Å². The maximum absolute atomic E-state index is 13.1. The molecular formula is C23H20N4O2. The molecule has 4 aromatic rings. The zero-order chi connectivity index (χ0) is 20.1. The summed E-state index contributed by atoms with van der Waals surface area (Å²) < 4.78 is 7.03. The number of furan rings is 1. The first kappa shape index (κ1) is 17.4. The highest BCUT2D eigenvalue weighted by Crippen LogP contribution is 2.28. The van der Waals surface area contributed by atoms with Crippen LogP contribution in [-0.4, -0.2) is 21.4 Å². The zero-order valence-corrected chi connectivity index (χ0v) is 16.5. The molecule has 6 nitrogen and oxygen atoms in total. The molecule has 0 unspecified atom stereocenters. The maximum atomic E-state index is 13.1. The minimum atomic E-state index is -0.120. The van der Waals surface area contributed by atoms with Gasteiger partial charge in [0.2, 0.25) is 0 Å². The Bertz CT molecular complexity index is 1300. The first-order chi connectivity index (χ1) is 14.0. The lowest BCUT2D eigenvalue weighted by atomic mass is 9.98. The highest BCUT2D eigenvalue weighted by Gasteiger charge is 2.21. The molecule has 0 saturated carbocycles. The van der Waals surface area contributed by atoms with Crippen LogP contribution in [0, 0.1) is 13.8 Å². The summed E-state index contributed by atoms with van der Waals surface area (Å²) in [7, 11) is 1.91. The van der Waals surface area contributed by atoms with Crippen LogP contribution in [0.2, 0.25) is 0 Å². The fourth-order valence-electron chi connectivity index (χ4n) is 4.07. The summed E-state index contributed by atoms with van der Waals surface area (Å²) in [6, 6.07) is 9.84. The first-order valence-corrected chi connectivity index (χ1v) is 9.46. The number of nitrogens with zero attached hydrogens (tertiary/aromatic N) is 3. The second-order valence-electron chi connectivity index (χ2n) is 7.40. The molecule has 0 bridgehead atoms. The molecule has 29 heavy (non-hydrogen) atoms. The average molecular weight is 384 g/mol. The Labute approximate surface area is 167 Å². The number of fused-ring (bicyclic) bond motifs is 2. The Balaban J connectivity index is 1.49. The molecule has 1 amide bonds. The van der Waals surface area contributed by atoms with Crippen LogP contribution in [0.3, 0.4) is 0 Å². The third-order valence-corrected chi connectivity index (χ3v) is 5.56. The molecule has 2 aromatic heterocycles. The summed E-state index contributed by atoms with van der Waals surface area (Å²) >= 11 is 0. The van der Waals surface area contributed by atoms with Gasteiger partial charge in [-0.2, -0.15) is 5.10 Å². The molecule has 0 aliphatic carbocycles. The number of hydrogen-bond donors (Lipinski definition) is 1. The molecule has 0 saturated heterocycles. The van der Waals surface area contributed by atoms with Crippen LogP contribution in [0.15, 0.2) is 58.5 Å². The third kappa shape index (κ3) is 2.76. The summed E-state index contributed by atoms with van der Waals surface area (Å²) in [6.07, 6.45) is 5.14. The average Bonchev–Trinajstić information content (AvgIpc) is 3.42. The van der Waals surface area contributed by atoms with E-state index in [4.69, 9.17) is 4.42 Å². The lowest BCUT2D eigenvalue weighted by Crippen LogP contribution is -2.16. The zero-order valence-electron chi connectivity index (χ0n) is 16.5. The van der Waals surface area contributed by atoms with Crippen molar-refractivity contribution < 1.29 is 9.21 Å². The molecule has 6 heteroatoms. The lowest BCUT2D eigenvalue weighted by molar-refractivity contribution is 0.102. The van der Waals surface area contributed by atoms with Gasteiger partial charge in [-0.05, 0) is 54.8 Å². The van der Waals surface area contributed by atoms with Crippen LogP contribution in [0.5, 0.6) is 0 Å². The second kappa shape index (κ2) is 6.44. The molecule has 1 aliphatic heterocycles. The summed E-state index contributed by atoms with van der Waals surface area (Å²) in [5.74, 6) is -0.120. The third-order valence-electron chi connectivity index (χ3n) is 5.56. The highest BCUT2D eigenvalue weighted by atomic mass is 16.3. The number of anilines is 1. The Morgan fingerprint density at radius 3 is 2.86 bits per heavy atom. The standard InChI is InChI=1S/C23H20N4O2/c1-13-8-20-19(11-25-27(20)3)14(2)21(13)23(28)26-17-5-4-15-10-24-22(18(15)9-17)16-6-7-29-12-16/h4-9,11-12H,10H2,1-3H3,(H,26,28). The van der Waals surface area contributed by atoms with E-state index < -0.39 is 0 Å². The van der Waals surface area contributed by atoms with Crippen LogP contribution in [-0.2, 0) is 13.6 Å². The number of aryl methyl sites for hydroxylation is 3. The summed E-state index contributed by atoms with van der Waals surface area (Å²) in [6.45, 7) is 4.57. The number of aromatic nitrogens is 2. The van der Waals surface area contributed by atoms with Gasteiger partial charge < -0.3 is 9.73 Å². The maximum Gasteiger partial charge on any atom is 0.256 e. The van der Waals surface area contributed by atoms with E-state index in [0.29, 0.717) is 12.1 Å². The second-order valence-corrected chi connectivity index (χ2v) is 7.40. The number of hydrogen-bond acceptors (Lipinski definition) is 4. The fraction of sp³-hybridized carbons (Fsp3) is 0.174. The van der Waals surface area contributed by atoms with Gasteiger partial charge in [-0.3, -0.25) is 14.5 Å². The van der Waals surface area contributed by atoms with Crippen molar-refractivity contribution in [2.45, 2.75) is 20.4 Å². The first-order valence-electron chi connectivity index (χ1n) is 9.46. The fourth-order valence-corrected chi connectivity index (χ4v) is 4.07. The number of carbonyl (C=O) groups is 1. The van der Waals surface area contributed by atoms with Gasteiger partial charge in [-0.1, -0.05) is 6.07 Å². The van der Waals surface area contributed by atoms with Gasteiger partial charge in [0.15, 0.2) is 0 Å². The van der Waals surface area contributed by atoms with Crippen molar-refractivity contribution in [1.82, 2.24) is 9.78 Å². The minimum Gasteiger partial charge on any atom is -0.472 e. The van der Waals surface area contributed by atoms with E-state index in [0.717, 1.165) is 50.1 Å². The lowest BCUT2D eigenvalue weighted by Gasteiger charge is -2.13. The minimum absolute atomic E-state index is 0.120. The molecule has 1 N–H and O–H groups in total. The highest BCUT2D eigenvalue weighted by molar-refractivity contribution is 6.16. The van der Waals surface area contributed by atoms with Crippen LogP contribution < -0.4 is 5.32 Å². The van der Waals surface area contributed by atoms with Gasteiger partial charge in [0, 0.05) is 34.8 Å². The van der Waals surface area contributed by atoms with Crippen LogP contribution in [0.25, 0.3) is 10.9 Å². The summed E-state index contributed by atoms with van der Waals surface area (Å²) in [5, 5.41) is 8.37. The van der Waals surface area contributed by atoms with E-state index in [1.54, 1.807) is 12.5 Å². The molecule has 1 aliphatic rings. The van der Waals surface area contributed by atoms with Crippen molar-refractivity contribution in [3.05, 3.63) is 82.4 Å². The van der Waals surface area contributed by atoms with E-state index in [1.807, 2.05) is 62.1 Å². The molecule has 5 rings (SSSR count). The van der Waals surface area contributed by atoms with Gasteiger partial charge in [0.1, 0.15) is 0 Å². The van der Waals surface area contributed by atoms with Crippen molar-refractivity contribution in [2.75, 3.05) is 5.32 Å². The van der Waals surface area contributed by atoms with E-state index >= 15 is 0 Å². The van der Waals surface area contributed by atoms with Gasteiger partial charge in [-0.25, -0.2) is 0 Å². The normalized spacial score (nSPS) is 12.9. The van der Waals surface area contributed by atoms with Crippen molar-refractivity contribution in [3.63, 3.8) is 0 Å². The van der Waals surface area contributed by atoms with Crippen molar-refractivity contribution in [3.8, 4) is 0 Å². The molecule has 0 radical (unpaired) electrons. The van der Waals surface area contributed by atoms with E-state index in [2.05, 4.69) is 15.4 Å². The Hall–Kier alpha value is -3.67. The molecule has 0 atom stereocenters. The number of nitrogens with one attached hydrogen (secondary N) is 1. The van der Waals surface area contributed by atoms with Gasteiger partial charge in [0.25, 0.3) is 5.91 Å². The predicted molar refractivity (Wildman–Crippen MR) is 113 cm³/mol. The molecular weight excluding hydrogens is 364 g/mol. The quantitative estimate of drug-likeness (QED) is 0.569. The Morgan fingerprint density at radius 2 is 2.07 bits per heavy atom. The van der Waals surface area contributed by atoms with E-state index in [1.165, 1.54) is 0 Å². The monoisotopic (exact) mass is 384 g/mol. The molecule has 3 heterocycles. The van der Waals surface area contributed by atoms with Crippen LogP contribution >= 0.6 is 0 Å². The van der Waals surface area contributed by atoms with Crippen LogP contribution in [0.4, 0.5) is 5.69 Å². The Morgan fingerprint density at radius 1 is 1.21 bits per heavy atom. The van der Waals surface area contributed by atoms with Crippen molar-refractivity contribution in [2.24, 2.45) is 12.0 Å². The predicted octanol–water partition coefficient (Wildman–Crippen LogP) is 4.39. The van der Waals surface area contributed by atoms with E-state index in [-0.39, 0.29) is 5.91 Å². The number of benzene rings is 2. The summed E-state index contributed by atoms with van der Waals surface area (Å²) in [5.41, 5.74) is 8.34. The van der Waals surface area contributed by atoms with Crippen molar-refractivity contribution in [1.29, 1.82) is 0 Å². The topological polar surface area (TPSA) is 72.4 Å². The largest absolute Gasteiger partial charge is 0.472 e. The smallest absolute Gasteiger partial charge is 0.256 e. The molecule has 0 fully saturated rings. The summed E-state index contributed by atoms with van der Waals surface area (Å²) in [4.78, 5) is 17.8. The van der Waals surface area contributed by atoms with Gasteiger partial charge in [-0.15, -0.1) is 0 Å². The van der Waals surface area contributed by atoms with Gasteiger partial charge >= 0.3 is 0 Å². The molecule has 0 spiro atoms. The van der Waals surface area contributed by atoms with E-state index in [9.17, 15) is 4.79 Å². The SMILES string of the molecule is Cc1cc2c(cnn2C)c(C)c1C(=O)Nc1ccc2c(c1)C(c1ccoc1)=NC2. The molecule has 144 valence electrons. The number of carbonyl (C=O) groups excluding carboxylic acids is 1. The van der Waals surface area contributed by atoms with Crippen molar-refractivity contribution >= 4 is 28.2 Å². The van der Waals surface area contributed by atoms with Gasteiger partial charge in [0.05, 0.1) is 36.5 Å². The number of aliphatic imine (C=N–C) groups is 1. The number of rotatable bonds is 3.